The zero-order chi connectivity index (χ0) is 20.8. The Bertz CT molecular complexity index is 1030. The Kier molecular flexibility index (Phi) is 4.25. The highest BCUT2D eigenvalue weighted by Crippen LogP contribution is 2.30. The van der Waals surface area contributed by atoms with Gasteiger partial charge in [0.2, 0.25) is 6.23 Å². The number of carbonyl (C=O) groups is 4. The van der Waals surface area contributed by atoms with E-state index in [1.807, 2.05) is 0 Å². The van der Waals surface area contributed by atoms with Crippen molar-refractivity contribution in [2.45, 2.75) is 6.23 Å². The van der Waals surface area contributed by atoms with Crippen molar-refractivity contribution in [1.29, 1.82) is 0 Å². The van der Waals surface area contributed by atoms with Crippen molar-refractivity contribution in [1.82, 2.24) is 4.90 Å². The van der Waals surface area contributed by atoms with Crippen molar-refractivity contribution in [3.8, 4) is 0 Å². The predicted octanol–water partition coefficient (Wildman–Crippen LogP) is 1.63. The number of nitrogens with zero attached hydrogens (tertiary/aromatic N) is 3. The van der Waals surface area contributed by atoms with Gasteiger partial charge in [0, 0.05) is 17.9 Å². The van der Waals surface area contributed by atoms with Gasteiger partial charge < -0.3 is 14.4 Å². The van der Waals surface area contributed by atoms with Gasteiger partial charge in [0.1, 0.15) is 6.61 Å². The van der Waals surface area contributed by atoms with E-state index in [1.165, 1.54) is 4.90 Å². The summed E-state index contributed by atoms with van der Waals surface area (Å²) in [5.74, 6) is -1.08. The Hall–Kier alpha value is -3.72. The van der Waals surface area contributed by atoms with Gasteiger partial charge in [0.15, 0.2) is 0 Å². The van der Waals surface area contributed by atoms with Crippen LogP contribution in [0.1, 0.15) is 20.7 Å². The standard InChI is InChI=1S/C21H17N3O6/c25-17-12-29-10-9-22(17)13-5-7-14(8-6-13)23-11-18(30-21(23)28)24-19(26)15-3-1-2-4-16(15)20(24)27/h1-8,18H,9-12H2. The molecule has 0 bridgehead atoms. The zero-order valence-corrected chi connectivity index (χ0v) is 15.8. The summed E-state index contributed by atoms with van der Waals surface area (Å²) in [7, 11) is 0. The molecule has 0 spiro atoms. The van der Waals surface area contributed by atoms with Crippen LogP contribution in [-0.4, -0.2) is 61.2 Å². The summed E-state index contributed by atoms with van der Waals surface area (Å²) in [5.41, 5.74) is 1.85. The van der Waals surface area contributed by atoms with Crippen molar-refractivity contribution >= 4 is 35.2 Å². The van der Waals surface area contributed by atoms with Gasteiger partial charge in [-0.25, -0.2) is 9.69 Å². The van der Waals surface area contributed by atoms with Gasteiger partial charge >= 0.3 is 6.09 Å². The maximum Gasteiger partial charge on any atom is 0.416 e. The number of hydrogen-bond acceptors (Lipinski definition) is 6. The fourth-order valence-corrected chi connectivity index (χ4v) is 3.87. The number of rotatable bonds is 3. The Labute approximate surface area is 171 Å². The number of anilines is 2. The lowest BCUT2D eigenvalue weighted by Gasteiger charge is -2.27. The first-order valence-corrected chi connectivity index (χ1v) is 9.48. The summed E-state index contributed by atoms with van der Waals surface area (Å²) in [4.78, 5) is 53.7. The molecule has 3 aliphatic rings. The third-order valence-electron chi connectivity index (χ3n) is 5.37. The van der Waals surface area contributed by atoms with Crippen LogP contribution >= 0.6 is 0 Å². The molecule has 3 aliphatic heterocycles. The number of hydrogen-bond donors (Lipinski definition) is 0. The second kappa shape index (κ2) is 6.96. The van der Waals surface area contributed by atoms with Crippen LogP contribution in [-0.2, 0) is 14.3 Å². The molecular formula is C21H17N3O6. The van der Waals surface area contributed by atoms with E-state index in [0.29, 0.717) is 35.7 Å². The highest BCUT2D eigenvalue weighted by atomic mass is 16.6. The van der Waals surface area contributed by atoms with Crippen molar-refractivity contribution in [2.75, 3.05) is 36.1 Å². The van der Waals surface area contributed by atoms with Gasteiger partial charge in [-0.2, -0.15) is 0 Å². The van der Waals surface area contributed by atoms with Gasteiger partial charge in [-0.3, -0.25) is 19.3 Å². The molecule has 4 amide bonds. The average Bonchev–Trinajstić information content (AvgIpc) is 3.26. The van der Waals surface area contributed by atoms with E-state index in [-0.39, 0.29) is 19.1 Å². The summed E-state index contributed by atoms with van der Waals surface area (Å²) in [6, 6.07) is 13.4. The highest BCUT2D eigenvalue weighted by molar-refractivity contribution is 6.21. The molecular weight excluding hydrogens is 390 g/mol. The number of ether oxygens (including phenoxy) is 2. The molecule has 5 rings (SSSR count). The van der Waals surface area contributed by atoms with Crippen LogP contribution < -0.4 is 9.80 Å². The van der Waals surface area contributed by atoms with Gasteiger partial charge in [0.25, 0.3) is 17.7 Å². The predicted molar refractivity (Wildman–Crippen MR) is 104 cm³/mol. The summed E-state index contributed by atoms with van der Waals surface area (Å²) in [6.07, 6.45) is -1.66. The average molecular weight is 407 g/mol. The summed E-state index contributed by atoms with van der Waals surface area (Å²) < 4.78 is 10.5. The fraction of sp³-hybridized carbons (Fsp3) is 0.238. The number of carbonyl (C=O) groups excluding carboxylic acids is 4. The Balaban J connectivity index is 1.34. The molecule has 0 N–H and O–H groups in total. The lowest BCUT2D eigenvalue weighted by atomic mass is 10.1. The van der Waals surface area contributed by atoms with Gasteiger partial charge in [-0.05, 0) is 36.4 Å². The molecule has 1 unspecified atom stereocenters. The van der Waals surface area contributed by atoms with E-state index in [4.69, 9.17) is 9.47 Å². The zero-order valence-electron chi connectivity index (χ0n) is 15.8. The van der Waals surface area contributed by atoms with Crippen LogP contribution in [0.2, 0.25) is 0 Å². The number of imide groups is 1. The number of fused-ring (bicyclic) bond motifs is 1. The van der Waals surface area contributed by atoms with Crippen molar-refractivity contribution in [3.63, 3.8) is 0 Å². The van der Waals surface area contributed by atoms with Crippen molar-refractivity contribution < 1.29 is 28.7 Å². The van der Waals surface area contributed by atoms with Crippen LogP contribution in [0.25, 0.3) is 0 Å². The summed E-state index contributed by atoms with van der Waals surface area (Å²) in [6.45, 7) is 1.00. The minimum atomic E-state index is -1.01. The molecule has 30 heavy (non-hydrogen) atoms. The molecule has 9 nitrogen and oxygen atoms in total. The van der Waals surface area contributed by atoms with Crippen LogP contribution in [0.4, 0.5) is 16.2 Å². The van der Waals surface area contributed by atoms with E-state index < -0.39 is 24.1 Å². The molecule has 2 aromatic rings. The Morgan fingerprint density at radius 1 is 0.800 bits per heavy atom. The third kappa shape index (κ3) is 2.82. The Morgan fingerprint density at radius 2 is 1.40 bits per heavy atom. The molecule has 2 aromatic carbocycles. The number of cyclic esters (lactones) is 1. The number of amides is 4. The number of benzene rings is 2. The van der Waals surface area contributed by atoms with E-state index in [9.17, 15) is 19.2 Å². The topological polar surface area (TPSA) is 96.5 Å². The lowest BCUT2D eigenvalue weighted by Crippen LogP contribution is -2.42. The van der Waals surface area contributed by atoms with Crippen LogP contribution in [0, 0.1) is 0 Å². The molecule has 2 fully saturated rings. The van der Waals surface area contributed by atoms with Gasteiger partial charge in [0.05, 0.1) is 24.3 Å². The monoisotopic (exact) mass is 407 g/mol. The molecule has 2 saturated heterocycles. The first-order chi connectivity index (χ1) is 14.5. The second-order valence-electron chi connectivity index (χ2n) is 7.09. The van der Waals surface area contributed by atoms with E-state index in [1.54, 1.807) is 53.4 Å². The molecule has 1 atom stereocenters. The summed E-state index contributed by atoms with van der Waals surface area (Å²) in [5, 5.41) is 0. The molecule has 0 radical (unpaired) electrons. The lowest BCUT2D eigenvalue weighted by molar-refractivity contribution is -0.125. The second-order valence-corrected chi connectivity index (χ2v) is 7.09. The normalized spacial score (nSPS) is 21.3. The smallest absolute Gasteiger partial charge is 0.416 e. The largest absolute Gasteiger partial charge is 0.422 e. The highest BCUT2D eigenvalue weighted by Gasteiger charge is 2.46. The van der Waals surface area contributed by atoms with Gasteiger partial charge in [-0.1, -0.05) is 12.1 Å². The Morgan fingerprint density at radius 3 is 2.00 bits per heavy atom. The maximum absolute atomic E-state index is 12.6. The first kappa shape index (κ1) is 18.3. The fourth-order valence-electron chi connectivity index (χ4n) is 3.87. The number of morpholine rings is 1. The minimum Gasteiger partial charge on any atom is -0.422 e. The first-order valence-electron chi connectivity index (χ1n) is 9.48. The molecule has 3 heterocycles. The third-order valence-corrected chi connectivity index (χ3v) is 5.37. The van der Waals surface area contributed by atoms with E-state index >= 15 is 0 Å². The van der Waals surface area contributed by atoms with E-state index in [2.05, 4.69) is 0 Å². The summed E-state index contributed by atoms with van der Waals surface area (Å²) >= 11 is 0. The van der Waals surface area contributed by atoms with Crippen LogP contribution in [0.5, 0.6) is 0 Å². The van der Waals surface area contributed by atoms with Crippen LogP contribution in [0.15, 0.2) is 48.5 Å². The van der Waals surface area contributed by atoms with E-state index in [0.717, 1.165) is 4.90 Å². The van der Waals surface area contributed by atoms with Crippen molar-refractivity contribution in [2.24, 2.45) is 0 Å². The van der Waals surface area contributed by atoms with Gasteiger partial charge in [-0.15, -0.1) is 0 Å². The SMILES string of the molecule is O=C1COCCN1c1ccc(N2CC(N3C(=O)c4ccccc4C3=O)OC2=O)cc1. The van der Waals surface area contributed by atoms with Crippen molar-refractivity contribution in [3.05, 3.63) is 59.7 Å². The van der Waals surface area contributed by atoms with Crippen LogP contribution in [0.3, 0.4) is 0 Å². The minimum absolute atomic E-state index is 0.0279. The quantitative estimate of drug-likeness (QED) is 0.718. The molecule has 0 aromatic heterocycles. The molecule has 152 valence electrons. The maximum atomic E-state index is 12.6. The molecule has 0 aliphatic carbocycles. The molecule has 0 saturated carbocycles. The molecule has 9 heteroatoms.